The molecule has 1 aliphatic rings. The largest absolute Gasteiger partial charge is 0.494 e. The lowest BCUT2D eigenvalue weighted by molar-refractivity contribution is -0.00574. The molecule has 1 fully saturated rings. The van der Waals surface area contributed by atoms with Gasteiger partial charge in [0.2, 0.25) is 0 Å². The van der Waals surface area contributed by atoms with Crippen molar-refractivity contribution in [1.29, 1.82) is 0 Å². The Morgan fingerprint density at radius 1 is 1.10 bits per heavy atom. The molecule has 0 aliphatic carbocycles. The van der Waals surface area contributed by atoms with Gasteiger partial charge in [0.1, 0.15) is 6.10 Å². The highest BCUT2D eigenvalue weighted by molar-refractivity contribution is 6.62. The van der Waals surface area contributed by atoms with Crippen molar-refractivity contribution in [3.8, 4) is 0 Å². The van der Waals surface area contributed by atoms with E-state index in [1.54, 1.807) is 12.1 Å². The van der Waals surface area contributed by atoms with Gasteiger partial charge in [0, 0.05) is 0 Å². The fraction of sp³-hybridized carbons (Fsp3) is 0.571. The fourth-order valence-corrected chi connectivity index (χ4v) is 2.01. The van der Waals surface area contributed by atoms with Gasteiger partial charge in [-0.3, -0.25) is 0 Å². The minimum absolute atomic E-state index is 0.159. The molecule has 3 nitrogen and oxygen atoms in total. The number of halogens is 2. The van der Waals surface area contributed by atoms with E-state index >= 15 is 0 Å². The minimum Gasteiger partial charge on any atom is -0.399 e. The van der Waals surface area contributed by atoms with Gasteiger partial charge in [-0.05, 0) is 38.7 Å². The second-order valence-electron chi connectivity index (χ2n) is 6.04. The van der Waals surface area contributed by atoms with Crippen molar-refractivity contribution in [3.63, 3.8) is 0 Å². The first-order valence-electron chi connectivity index (χ1n) is 6.56. The average Bonchev–Trinajstić information content (AvgIpc) is 2.57. The van der Waals surface area contributed by atoms with E-state index < -0.39 is 30.8 Å². The molecule has 110 valence electrons. The highest BCUT2D eigenvalue weighted by atomic mass is 19.3. The molecule has 1 heterocycles. The molecule has 1 aromatic carbocycles. The third kappa shape index (κ3) is 2.73. The zero-order valence-electron chi connectivity index (χ0n) is 12.1. The lowest BCUT2D eigenvalue weighted by Crippen LogP contribution is -2.41. The Hall–Kier alpha value is -0.975. The zero-order valence-corrected chi connectivity index (χ0v) is 12.1. The zero-order chi connectivity index (χ0) is 15.1. The van der Waals surface area contributed by atoms with Crippen molar-refractivity contribution < 1.29 is 23.2 Å². The Labute approximate surface area is 118 Å². The van der Waals surface area contributed by atoms with E-state index in [0.29, 0.717) is 5.46 Å². The van der Waals surface area contributed by atoms with Gasteiger partial charge in [0.15, 0.2) is 0 Å². The molecule has 1 saturated heterocycles. The van der Waals surface area contributed by atoms with Gasteiger partial charge in [-0.1, -0.05) is 24.3 Å². The molecule has 0 aromatic heterocycles. The molecule has 0 amide bonds. The summed E-state index contributed by atoms with van der Waals surface area (Å²) in [6, 6.07) is 6.32. The first-order valence-corrected chi connectivity index (χ1v) is 6.56. The molecule has 1 aromatic rings. The van der Waals surface area contributed by atoms with Crippen LogP contribution in [0.5, 0.6) is 0 Å². The predicted octanol–water partition coefficient (Wildman–Crippen LogP) is 2.28. The minimum atomic E-state index is -2.82. The summed E-state index contributed by atoms with van der Waals surface area (Å²) in [4.78, 5) is 0. The lowest BCUT2D eigenvalue weighted by atomic mass is 9.78. The van der Waals surface area contributed by atoms with Crippen molar-refractivity contribution in [2.24, 2.45) is 0 Å². The summed E-state index contributed by atoms with van der Waals surface area (Å²) in [6.07, 6.45) is -4.61. The van der Waals surface area contributed by atoms with Crippen LogP contribution in [0, 0.1) is 0 Å². The van der Waals surface area contributed by atoms with Crippen LogP contribution in [0.25, 0.3) is 0 Å². The highest BCUT2D eigenvalue weighted by Gasteiger charge is 2.51. The van der Waals surface area contributed by atoms with Crippen molar-refractivity contribution >= 4 is 12.6 Å². The second kappa shape index (κ2) is 5.09. The Morgan fingerprint density at radius 2 is 1.65 bits per heavy atom. The van der Waals surface area contributed by atoms with Crippen LogP contribution in [-0.2, 0) is 9.31 Å². The number of aliphatic hydroxyl groups excluding tert-OH is 1. The van der Waals surface area contributed by atoms with Crippen LogP contribution >= 0.6 is 0 Å². The number of benzene rings is 1. The standard InChI is InChI=1S/C14H19BF2O3/c1-13(2)14(3,4)20-15(19-13)10-7-5-6-9(8-10)11(18)12(16)17/h5-8,11-12,18H,1-4H3. The molecule has 0 saturated carbocycles. The summed E-state index contributed by atoms with van der Waals surface area (Å²) in [6.45, 7) is 7.69. The van der Waals surface area contributed by atoms with Crippen molar-refractivity contribution in [2.45, 2.75) is 51.4 Å². The average molecular weight is 284 g/mol. The Balaban J connectivity index is 2.25. The summed E-state index contributed by atoms with van der Waals surface area (Å²) in [7, 11) is -0.621. The van der Waals surface area contributed by atoms with Crippen LogP contribution in [-0.4, -0.2) is 29.9 Å². The maximum Gasteiger partial charge on any atom is 0.494 e. The van der Waals surface area contributed by atoms with Crippen LogP contribution in [0.4, 0.5) is 8.78 Å². The second-order valence-corrected chi connectivity index (χ2v) is 6.04. The van der Waals surface area contributed by atoms with Crippen molar-refractivity contribution in [1.82, 2.24) is 0 Å². The molecule has 20 heavy (non-hydrogen) atoms. The quantitative estimate of drug-likeness (QED) is 0.865. The number of aliphatic hydroxyl groups is 1. The number of alkyl halides is 2. The van der Waals surface area contributed by atoms with E-state index in [-0.39, 0.29) is 5.56 Å². The molecular formula is C14H19BF2O3. The Morgan fingerprint density at radius 3 is 2.15 bits per heavy atom. The van der Waals surface area contributed by atoms with Crippen LogP contribution in [0.3, 0.4) is 0 Å². The monoisotopic (exact) mass is 284 g/mol. The molecule has 1 N–H and O–H groups in total. The maximum absolute atomic E-state index is 12.6. The summed E-state index contributed by atoms with van der Waals surface area (Å²) in [5, 5.41) is 9.44. The van der Waals surface area contributed by atoms with E-state index in [1.807, 2.05) is 27.7 Å². The summed E-state index contributed by atoms with van der Waals surface area (Å²) >= 11 is 0. The van der Waals surface area contributed by atoms with Crippen LogP contribution < -0.4 is 5.46 Å². The summed E-state index contributed by atoms with van der Waals surface area (Å²) in [5.74, 6) is 0. The van der Waals surface area contributed by atoms with Gasteiger partial charge in [0.05, 0.1) is 11.2 Å². The smallest absolute Gasteiger partial charge is 0.399 e. The van der Waals surface area contributed by atoms with Gasteiger partial charge in [0.25, 0.3) is 6.43 Å². The highest BCUT2D eigenvalue weighted by Crippen LogP contribution is 2.36. The van der Waals surface area contributed by atoms with Gasteiger partial charge >= 0.3 is 7.12 Å². The first-order chi connectivity index (χ1) is 9.14. The molecule has 1 atom stereocenters. The van der Waals surface area contributed by atoms with E-state index in [9.17, 15) is 13.9 Å². The predicted molar refractivity (Wildman–Crippen MR) is 73.1 cm³/mol. The molecule has 1 aliphatic heterocycles. The molecule has 0 spiro atoms. The molecule has 2 rings (SSSR count). The molecule has 0 bridgehead atoms. The third-order valence-electron chi connectivity index (χ3n) is 4.02. The van der Waals surface area contributed by atoms with E-state index in [0.717, 1.165) is 0 Å². The van der Waals surface area contributed by atoms with Gasteiger partial charge in [-0.25, -0.2) is 8.78 Å². The normalized spacial score (nSPS) is 22.3. The lowest BCUT2D eigenvalue weighted by Gasteiger charge is -2.32. The summed E-state index contributed by atoms with van der Waals surface area (Å²) in [5.41, 5.74) is -0.197. The fourth-order valence-electron chi connectivity index (χ4n) is 2.01. The van der Waals surface area contributed by atoms with E-state index in [4.69, 9.17) is 9.31 Å². The van der Waals surface area contributed by atoms with E-state index in [2.05, 4.69) is 0 Å². The van der Waals surface area contributed by atoms with Crippen LogP contribution in [0.1, 0.15) is 39.4 Å². The third-order valence-corrected chi connectivity index (χ3v) is 4.02. The van der Waals surface area contributed by atoms with Gasteiger partial charge < -0.3 is 14.4 Å². The maximum atomic E-state index is 12.6. The van der Waals surface area contributed by atoms with Crippen LogP contribution in [0.2, 0.25) is 0 Å². The SMILES string of the molecule is CC1(C)OB(c2cccc(C(O)C(F)F)c2)OC1(C)C. The Kier molecular flexibility index (Phi) is 3.93. The van der Waals surface area contributed by atoms with Crippen molar-refractivity contribution in [2.75, 3.05) is 0 Å². The Bertz CT molecular complexity index is 475. The molecule has 1 unspecified atom stereocenters. The topological polar surface area (TPSA) is 38.7 Å². The van der Waals surface area contributed by atoms with Crippen LogP contribution in [0.15, 0.2) is 24.3 Å². The molecular weight excluding hydrogens is 265 g/mol. The number of hydrogen-bond acceptors (Lipinski definition) is 3. The number of rotatable bonds is 3. The molecule has 0 radical (unpaired) electrons. The van der Waals surface area contributed by atoms with Gasteiger partial charge in [-0.2, -0.15) is 0 Å². The summed E-state index contributed by atoms with van der Waals surface area (Å²) < 4.78 is 36.8. The van der Waals surface area contributed by atoms with Crippen molar-refractivity contribution in [3.05, 3.63) is 29.8 Å². The number of hydrogen-bond donors (Lipinski definition) is 1. The van der Waals surface area contributed by atoms with E-state index in [1.165, 1.54) is 12.1 Å². The van der Waals surface area contributed by atoms with Gasteiger partial charge in [-0.15, -0.1) is 0 Å². The molecule has 6 heteroatoms. The first kappa shape index (κ1) is 15.4.